The Bertz CT molecular complexity index is 324. The number of aromatic nitrogens is 2. The zero-order valence-corrected chi connectivity index (χ0v) is 10.6. The Labute approximate surface area is 103 Å². The zero-order chi connectivity index (χ0) is 12.5. The summed E-state index contributed by atoms with van der Waals surface area (Å²) in [6, 6.07) is 4.08. The summed E-state index contributed by atoms with van der Waals surface area (Å²) >= 11 is 0. The Balaban J connectivity index is 2.63. The highest BCUT2D eigenvalue weighted by atomic mass is 16.5. The molecule has 0 aromatic carbocycles. The highest BCUT2D eigenvalue weighted by Crippen LogP contribution is 2.18. The minimum Gasteiger partial charge on any atom is -0.480 e. The quantitative estimate of drug-likeness (QED) is 0.555. The Hall–Kier alpha value is -1.42. The minimum absolute atomic E-state index is 0.262. The lowest BCUT2D eigenvalue weighted by atomic mass is 10.1. The van der Waals surface area contributed by atoms with E-state index in [4.69, 9.17) is 4.74 Å². The Kier molecular flexibility index (Phi) is 6.25. The molecule has 0 radical (unpaired) electrons. The van der Waals surface area contributed by atoms with Crippen molar-refractivity contribution in [2.45, 2.75) is 32.2 Å². The number of hydrogen-bond acceptors (Lipinski definition) is 4. The van der Waals surface area contributed by atoms with Crippen LogP contribution < -0.4 is 10.1 Å². The summed E-state index contributed by atoms with van der Waals surface area (Å²) in [4.78, 5) is 0. The van der Waals surface area contributed by atoms with Crippen molar-refractivity contribution in [3.8, 4) is 5.88 Å². The van der Waals surface area contributed by atoms with Crippen LogP contribution in [0.4, 0.5) is 0 Å². The van der Waals surface area contributed by atoms with E-state index in [0.29, 0.717) is 5.88 Å². The predicted molar refractivity (Wildman–Crippen MR) is 69.0 cm³/mol. The fraction of sp³-hybridized carbons (Fsp3) is 0.538. The first-order valence-electron chi connectivity index (χ1n) is 6.03. The summed E-state index contributed by atoms with van der Waals surface area (Å²) in [6.45, 7) is 6.75. The largest absolute Gasteiger partial charge is 0.480 e. The van der Waals surface area contributed by atoms with E-state index in [2.05, 4.69) is 29.0 Å². The minimum atomic E-state index is 0.262. The van der Waals surface area contributed by atoms with E-state index in [1.54, 1.807) is 7.11 Å². The van der Waals surface area contributed by atoms with Gasteiger partial charge in [0.05, 0.1) is 18.8 Å². The molecule has 0 amide bonds. The maximum atomic E-state index is 5.00. The van der Waals surface area contributed by atoms with Crippen LogP contribution in [0.3, 0.4) is 0 Å². The first kappa shape index (κ1) is 13.6. The van der Waals surface area contributed by atoms with Crippen molar-refractivity contribution < 1.29 is 4.74 Å². The maximum absolute atomic E-state index is 5.00. The predicted octanol–water partition coefficient (Wildman–Crippen LogP) is 2.49. The average molecular weight is 235 g/mol. The first-order chi connectivity index (χ1) is 8.31. The monoisotopic (exact) mass is 235 g/mol. The van der Waals surface area contributed by atoms with Gasteiger partial charge in [0.1, 0.15) is 0 Å². The number of hydrogen-bond donors (Lipinski definition) is 1. The Morgan fingerprint density at radius 2 is 2.29 bits per heavy atom. The second-order valence-electron chi connectivity index (χ2n) is 3.83. The third-order valence-electron chi connectivity index (χ3n) is 2.58. The maximum Gasteiger partial charge on any atom is 0.233 e. The molecule has 0 aliphatic rings. The standard InChI is InChI=1S/C13H21N3O/c1-4-6-7-8-11(14-5-2)12-9-10-13(17-3)16-15-12/h4,9-11,14H,1,5-8H2,2-3H3. The van der Waals surface area contributed by atoms with Crippen LogP contribution in [0, 0.1) is 0 Å². The lowest BCUT2D eigenvalue weighted by molar-refractivity contribution is 0.388. The smallest absolute Gasteiger partial charge is 0.233 e. The van der Waals surface area contributed by atoms with Gasteiger partial charge in [-0.2, -0.15) is 5.10 Å². The van der Waals surface area contributed by atoms with Crippen molar-refractivity contribution in [2.24, 2.45) is 0 Å². The van der Waals surface area contributed by atoms with Crippen molar-refractivity contribution in [2.75, 3.05) is 13.7 Å². The molecule has 0 saturated heterocycles. The van der Waals surface area contributed by atoms with Gasteiger partial charge in [0.2, 0.25) is 5.88 Å². The van der Waals surface area contributed by atoms with Crippen molar-refractivity contribution in [1.29, 1.82) is 0 Å². The molecule has 17 heavy (non-hydrogen) atoms. The lowest BCUT2D eigenvalue weighted by Crippen LogP contribution is -2.22. The molecule has 1 unspecified atom stereocenters. The fourth-order valence-electron chi connectivity index (χ4n) is 1.69. The molecule has 1 aromatic heterocycles. The second-order valence-corrected chi connectivity index (χ2v) is 3.83. The van der Waals surface area contributed by atoms with Crippen LogP contribution in [-0.2, 0) is 0 Å². The molecule has 0 spiro atoms. The molecule has 1 atom stereocenters. The number of methoxy groups -OCH3 is 1. The summed E-state index contributed by atoms with van der Waals surface area (Å²) in [5, 5.41) is 11.6. The molecule has 0 fully saturated rings. The summed E-state index contributed by atoms with van der Waals surface area (Å²) in [7, 11) is 1.59. The highest BCUT2D eigenvalue weighted by molar-refractivity contribution is 5.14. The number of unbranched alkanes of at least 4 members (excludes halogenated alkanes) is 1. The van der Waals surface area contributed by atoms with Gasteiger partial charge >= 0.3 is 0 Å². The molecule has 1 rings (SSSR count). The van der Waals surface area contributed by atoms with Gasteiger partial charge in [-0.05, 0) is 31.9 Å². The summed E-state index contributed by atoms with van der Waals surface area (Å²) < 4.78 is 5.00. The van der Waals surface area contributed by atoms with E-state index in [1.807, 2.05) is 18.2 Å². The van der Waals surface area contributed by atoms with E-state index in [9.17, 15) is 0 Å². The van der Waals surface area contributed by atoms with Crippen LogP contribution >= 0.6 is 0 Å². The molecule has 1 heterocycles. The summed E-state index contributed by atoms with van der Waals surface area (Å²) in [5.74, 6) is 0.551. The molecule has 0 bridgehead atoms. The lowest BCUT2D eigenvalue weighted by Gasteiger charge is -2.16. The third kappa shape index (κ3) is 4.53. The highest BCUT2D eigenvalue weighted by Gasteiger charge is 2.11. The number of nitrogens with one attached hydrogen (secondary N) is 1. The summed E-state index contributed by atoms with van der Waals surface area (Å²) in [5.41, 5.74) is 0.969. The number of nitrogens with zero attached hydrogens (tertiary/aromatic N) is 2. The van der Waals surface area contributed by atoms with Gasteiger partial charge in [0.15, 0.2) is 0 Å². The SMILES string of the molecule is C=CCCCC(NCC)c1ccc(OC)nn1. The summed E-state index contributed by atoms with van der Waals surface area (Å²) in [6.07, 6.45) is 5.13. The topological polar surface area (TPSA) is 47.0 Å². The second kappa shape index (κ2) is 7.79. The molecule has 94 valence electrons. The van der Waals surface area contributed by atoms with Gasteiger partial charge in [-0.25, -0.2) is 0 Å². The zero-order valence-electron chi connectivity index (χ0n) is 10.6. The van der Waals surface area contributed by atoms with Gasteiger partial charge in [-0.1, -0.05) is 13.0 Å². The molecule has 0 aliphatic heterocycles. The van der Waals surface area contributed by atoms with Crippen LogP contribution in [0.1, 0.15) is 37.9 Å². The molecule has 4 heteroatoms. The van der Waals surface area contributed by atoms with Gasteiger partial charge in [0.25, 0.3) is 0 Å². The molecule has 4 nitrogen and oxygen atoms in total. The van der Waals surface area contributed by atoms with Crippen LogP contribution in [0.25, 0.3) is 0 Å². The van der Waals surface area contributed by atoms with Gasteiger partial charge in [-0.15, -0.1) is 11.7 Å². The van der Waals surface area contributed by atoms with Crippen LogP contribution in [0.5, 0.6) is 5.88 Å². The first-order valence-corrected chi connectivity index (χ1v) is 6.03. The fourth-order valence-corrected chi connectivity index (χ4v) is 1.69. The van der Waals surface area contributed by atoms with Gasteiger partial charge in [0, 0.05) is 6.07 Å². The molecule has 1 N–H and O–H groups in total. The van der Waals surface area contributed by atoms with Crippen molar-refractivity contribution in [1.82, 2.24) is 15.5 Å². The normalized spacial score (nSPS) is 12.1. The Morgan fingerprint density at radius 1 is 1.47 bits per heavy atom. The molecular formula is C13H21N3O. The molecule has 0 saturated carbocycles. The van der Waals surface area contributed by atoms with Crippen molar-refractivity contribution in [3.63, 3.8) is 0 Å². The van der Waals surface area contributed by atoms with E-state index < -0.39 is 0 Å². The van der Waals surface area contributed by atoms with Gasteiger partial charge in [-0.3, -0.25) is 0 Å². The Morgan fingerprint density at radius 3 is 2.82 bits per heavy atom. The number of ether oxygens (including phenoxy) is 1. The van der Waals surface area contributed by atoms with Crippen molar-refractivity contribution >= 4 is 0 Å². The van der Waals surface area contributed by atoms with Crippen LogP contribution in [0.2, 0.25) is 0 Å². The van der Waals surface area contributed by atoms with Crippen LogP contribution in [0.15, 0.2) is 24.8 Å². The van der Waals surface area contributed by atoms with E-state index in [-0.39, 0.29) is 6.04 Å². The average Bonchev–Trinajstić information content (AvgIpc) is 2.38. The van der Waals surface area contributed by atoms with E-state index in [1.165, 1.54) is 0 Å². The van der Waals surface area contributed by atoms with E-state index >= 15 is 0 Å². The molecule has 1 aromatic rings. The third-order valence-corrected chi connectivity index (χ3v) is 2.58. The van der Waals surface area contributed by atoms with Gasteiger partial charge < -0.3 is 10.1 Å². The molecular weight excluding hydrogens is 214 g/mol. The van der Waals surface area contributed by atoms with Crippen molar-refractivity contribution in [3.05, 3.63) is 30.5 Å². The molecule has 0 aliphatic carbocycles. The number of rotatable bonds is 8. The number of allylic oxidation sites excluding steroid dienone is 1. The van der Waals surface area contributed by atoms with E-state index in [0.717, 1.165) is 31.5 Å². The van der Waals surface area contributed by atoms with Crippen LogP contribution in [-0.4, -0.2) is 23.9 Å².